The molecule has 0 aromatic heterocycles. The maximum absolute atomic E-state index is 12.1. The van der Waals surface area contributed by atoms with E-state index in [2.05, 4.69) is 5.32 Å². The van der Waals surface area contributed by atoms with Gasteiger partial charge in [0.1, 0.15) is 0 Å². The van der Waals surface area contributed by atoms with Gasteiger partial charge in [0.05, 0.1) is 6.61 Å². The van der Waals surface area contributed by atoms with Gasteiger partial charge in [-0.05, 0) is 12.5 Å². The molecule has 2 N–H and O–H groups in total. The number of carbonyl (C=O) groups is 3. The summed E-state index contributed by atoms with van der Waals surface area (Å²) in [6.45, 7) is 1.63. The van der Waals surface area contributed by atoms with Crippen LogP contribution < -0.4 is 5.32 Å². The quantitative estimate of drug-likeness (QED) is 0.623. The van der Waals surface area contributed by atoms with E-state index in [0.29, 0.717) is 5.56 Å². The van der Waals surface area contributed by atoms with Crippen molar-refractivity contribution < 1.29 is 24.2 Å². The Bertz CT molecular complexity index is 542. The van der Waals surface area contributed by atoms with Crippen molar-refractivity contribution in [3.63, 3.8) is 0 Å². The Kier molecular flexibility index (Phi) is 3.74. The van der Waals surface area contributed by atoms with E-state index in [1.807, 2.05) is 0 Å². The number of benzene rings is 1. The highest BCUT2D eigenvalue weighted by molar-refractivity contribution is 6.11. The maximum Gasteiger partial charge on any atom is 0.344 e. The number of amides is 1. The van der Waals surface area contributed by atoms with Crippen molar-refractivity contribution in [3.8, 4) is 0 Å². The molecule has 2 rings (SSSR count). The molecule has 1 amide bonds. The molecular formula is C14H15NO5. The van der Waals surface area contributed by atoms with E-state index in [1.54, 1.807) is 37.3 Å². The first-order valence-electron chi connectivity index (χ1n) is 6.29. The Morgan fingerprint density at radius 2 is 2.05 bits per heavy atom. The van der Waals surface area contributed by atoms with E-state index in [4.69, 9.17) is 4.74 Å². The summed E-state index contributed by atoms with van der Waals surface area (Å²) < 4.78 is 4.86. The average Bonchev–Trinajstić information content (AvgIpc) is 2.79. The lowest BCUT2D eigenvalue weighted by molar-refractivity contribution is -0.163. The van der Waals surface area contributed by atoms with Crippen LogP contribution in [0.1, 0.15) is 24.8 Å². The third-order valence-corrected chi connectivity index (χ3v) is 3.39. The summed E-state index contributed by atoms with van der Waals surface area (Å²) in [7, 11) is 0. The second-order valence-electron chi connectivity index (χ2n) is 4.55. The van der Waals surface area contributed by atoms with Crippen molar-refractivity contribution in [1.82, 2.24) is 5.32 Å². The molecule has 6 nitrogen and oxygen atoms in total. The third-order valence-electron chi connectivity index (χ3n) is 3.39. The molecule has 1 aliphatic heterocycles. The molecule has 1 aromatic rings. The lowest BCUT2D eigenvalue weighted by Crippen LogP contribution is -2.59. The second kappa shape index (κ2) is 5.32. The van der Waals surface area contributed by atoms with E-state index in [9.17, 15) is 19.5 Å². The van der Waals surface area contributed by atoms with Gasteiger partial charge in [-0.25, -0.2) is 9.59 Å². The lowest BCUT2D eigenvalue weighted by atomic mass is 9.80. The van der Waals surface area contributed by atoms with E-state index in [1.165, 1.54) is 0 Å². The number of carboxylic acids is 1. The van der Waals surface area contributed by atoms with Crippen molar-refractivity contribution in [2.45, 2.75) is 24.8 Å². The minimum atomic E-state index is -2.05. The summed E-state index contributed by atoms with van der Waals surface area (Å²) >= 11 is 0. The van der Waals surface area contributed by atoms with Crippen molar-refractivity contribution in [1.29, 1.82) is 0 Å². The van der Waals surface area contributed by atoms with Crippen LogP contribution in [0.3, 0.4) is 0 Å². The maximum atomic E-state index is 12.1. The fourth-order valence-corrected chi connectivity index (χ4v) is 2.48. The largest absolute Gasteiger partial charge is 0.479 e. The van der Waals surface area contributed by atoms with Crippen LogP contribution in [0.4, 0.5) is 0 Å². The van der Waals surface area contributed by atoms with Gasteiger partial charge in [0, 0.05) is 12.3 Å². The van der Waals surface area contributed by atoms with Crippen molar-refractivity contribution in [2.75, 3.05) is 6.61 Å². The molecule has 0 spiro atoms. The predicted molar refractivity (Wildman–Crippen MR) is 68.9 cm³/mol. The molecule has 6 heteroatoms. The molecule has 0 radical (unpaired) electrons. The summed E-state index contributed by atoms with van der Waals surface area (Å²) in [5.74, 6) is -3.61. The van der Waals surface area contributed by atoms with Gasteiger partial charge in [-0.3, -0.25) is 4.79 Å². The minimum Gasteiger partial charge on any atom is -0.479 e. The van der Waals surface area contributed by atoms with Crippen LogP contribution in [0, 0.1) is 0 Å². The SMILES string of the molecule is CCOC(=O)[C@]1(C(=O)O)NC(=O)C[C@H]1c1ccccc1. The summed E-state index contributed by atoms with van der Waals surface area (Å²) in [6.07, 6.45) is -0.0604. The molecule has 1 aliphatic rings. The number of carbonyl (C=O) groups excluding carboxylic acids is 2. The molecule has 0 aliphatic carbocycles. The normalized spacial score (nSPS) is 25.1. The summed E-state index contributed by atoms with van der Waals surface area (Å²) in [5.41, 5.74) is -1.43. The molecule has 1 fully saturated rings. The zero-order valence-corrected chi connectivity index (χ0v) is 11.0. The number of hydrogen-bond acceptors (Lipinski definition) is 4. The summed E-state index contributed by atoms with van der Waals surface area (Å²) in [5, 5.41) is 11.8. The van der Waals surface area contributed by atoms with Gasteiger partial charge in [0.25, 0.3) is 0 Å². The van der Waals surface area contributed by atoms with E-state index >= 15 is 0 Å². The Morgan fingerprint density at radius 3 is 2.60 bits per heavy atom. The first-order valence-corrected chi connectivity index (χ1v) is 6.29. The molecule has 1 saturated heterocycles. The van der Waals surface area contributed by atoms with Gasteiger partial charge >= 0.3 is 11.9 Å². The number of hydrogen-bond donors (Lipinski definition) is 2. The van der Waals surface area contributed by atoms with Crippen molar-refractivity contribution in [3.05, 3.63) is 35.9 Å². The van der Waals surface area contributed by atoms with Crippen LogP contribution in [0.25, 0.3) is 0 Å². The molecule has 1 aromatic carbocycles. The second-order valence-corrected chi connectivity index (χ2v) is 4.55. The summed E-state index contributed by atoms with van der Waals surface area (Å²) in [4.78, 5) is 35.4. The lowest BCUT2D eigenvalue weighted by Gasteiger charge is -2.28. The van der Waals surface area contributed by atoms with E-state index < -0.39 is 29.3 Å². The molecule has 1 heterocycles. The molecule has 106 valence electrons. The molecule has 0 saturated carbocycles. The first-order chi connectivity index (χ1) is 9.52. The number of rotatable bonds is 4. The molecule has 20 heavy (non-hydrogen) atoms. The van der Waals surface area contributed by atoms with Crippen LogP contribution in [-0.2, 0) is 19.1 Å². The number of carboxylic acid groups (broad SMARTS) is 1. The van der Waals surface area contributed by atoms with E-state index in [0.717, 1.165) is 0 Å². The Labute approximate surface area is 115 Å². The summed E-state index contributed by atoms with van der Waals surface area (Å²) in [6, 6.07) is 8.63. The van der Waals surface area contributed by atoms with Crippen molar-refractivity contribution >= 4 is 17.8 Å². The van der Waals surface area contributed by atoms with Crippen LogP contribution >= 0.6 is 0 Å². The fourth-order valence-electron chi connectivity index (χ4n) is 2.48. The molecule has 0 bridgehead atoms. The number of nitrogens with one attached hydrogen (secondary N) is 1. The average molecular weight is 277 g/mol. The zero-order chi connectivity index (χ0) is 14.8. The Morgan fingerprint density at radius 1 is 1.40 bits per heavy atom. The first kappa shape index (κ1) is 14.0. The van der Waals surface area contributed by atoms with Crippen LogP contribution in [0.15, 0.2) is 30.3 Å². The number of ether oxygens (including phenoxy) is 1. The van der Waals surface area contributed by atoms with Crippen LogP contribution in [0.2, 0.25) is 0 Å². The standard InChI is InChI=1S/C14H15NO5/c1-2-20-13(19)14(12(17)18)10(8-11(16)15-14)9-6-4-3-5-7-9/h3-7,10H,2,8H2,1H3,(H,15,16)(H,17,18)/t10-,14-/m0/s1. The van der Waals surface area contributed by atoms with Gasteiger partial charge in [0.15, 0.2) is 0 Å². The van der Waals surface area contributed by atoms with E-state index in [-0.39, 0.29) is 13.0 Å². The molecule has 2 atom stereocenters. The zero-order valence-electron chi connectivity index (χ0n) is 11.0. The topological polar surface area (TPSA) is 92.7 Å². The third kappa shape index (κ3) is 2.13. The Hall–Kier alpha value is -2.37. The minimum absolute atomic E-state index is 0.0469. The van der Waals surface area contributed by atoms with Crippen molar-refractivity contribution in [2.24, 2.45) is 0 Å². The van der Waals surface area contributed by atoms with Gasteiger partial charge < -0.3 is 15.2 Å². The van der Waals surface area contributed by atoms with Gasteiger partial charge in [-0.1, -0.05) is 30.3 Å². The number of esters is 1. The highest BCUT2D eigenvalue weighted by Crippen LogP contribution is 2.37. The smallest absolute Gasteiger partial charge is 0.344 e. The van der Waals surface area contributed by atoms with Gasteiger partial charge in [0.2, 0.25) is 11.4 Å². The highest BCUT2D eigenvalue weighted by Gasteiger charge is 2.60. The van der Waals surface area contributed by atoms with Crippen LogP contribution in [-0.4, -0.2) is 35.1 Å². The molecular weight excluding hydrogens is 262 g/mol. The van der Waals surface area contributed by atoms with Gasteiger partial charge in [-0.15, -0.1) is 0 Å². The number of aliphatic carboxylic acids is 1. The molecule has 0 unspecified atom stereocenters. The fraction of sp³-hybridized carbons (Fsp3) is 0.357. The highest BCUT2D eigenvalue weighted by atomic mass is 16.5. The monoisotopic (exact) mass is 277 g/mol. The van der Waals surface area contributed by atoms with Gasteiger partial charge in [-0.2, -0.15) is 0 Å². The Balaban J connectivity index is 2.50. The van der Waals surface area contributed by atoms with Crippen LogP contribution in [0.5, 0.6) is 0 Å². The predicted octanol–water partition coefficient (Wildman–Crippen LogP) is 0.677.